The molecule has 2 rings (SSSR count). The average Bonchev–Trinajstić information content (AvgIpc) is 2.58. The van der Waals surface area contributed by atoms with Crippen LogP contribution < -0.4 is 0 Å². The fourth-order valence-electron chi connectivity index (χ4n) is 1.16. The zero-order valence-corrected chi connectivity index (χ0v) is 19.6. The highest BCUT2D eigenvalue weighted by molar-refractivity contribution is 6.60. The van der Waals surface area contributed by atoms with Crippen LogP contribution in [0.2, 0.25) is 60.3 Å². The summed E-state index contributed by atoms with van der Waals surface area (Å²) in [6.45, 7) is 0. The average molecular weight is 570 g/mol. The van der Waals surface area contributed by atoms with E-state index in [4.69, 9.17) is 139 Å². The molecule has 0 aliphatic carbocycles. The largest absolute Gasteiger partial charge is 0.0810 e. The Morgan fingerprint density at radius 2 is 0.208 bits per heavy atom. The molecule has 2 aromatic carbocycles. The summed E-state index contributed by atoms with van der Waals surface area (Å²) < 4.78 is 0. The first-order valence-corrected chi connectivity index (χ1v) is 9.80. The molecule has 0 N–H and O–H groups in total. The standard InChI is InChI=1S/2C6Cl6/c2*7-1-2(8)4(10)6(12)5(11)3(1)9. The summed E-state index contributed by atoms with van der Waals surface area (Å²) >= 11 is 68.0. The lowest BCUT2D eigenvalue weighted by molar-refractivity contribution is 1.69. The third kappa shape index (κ3) is 5.04. The highest BCUT2D eigenvalue weighted by Crippen LogP contribution is 2.47. The van der Waals surface area contributed by atoms with Gasteiger partial charge in [-0.25, -0.2) is 0 Å². The van der Waals surface area contributed by atoms with E-state index in [1.165, 1.54) is 0 Å². The Kier molecular flexibility index (Phi) is 9.90. The maximum atomic E-state index is 5.67. The predicted octanol–water partition coefficient (Wildman–Crippen LogP) is 11.2. The van der Waals surface area contributed by atoms with E-state index in [-0.39, 0.29) is 60.3 Å². The zero-order valence-electron chi connectivity index (χ0n) is 10.5. The normalized spacial score (nSPS) is 10.5. The van der Waals surface area contributed by atoms with Gasteiger partial charge in [0.2, 0.25) is 0 Å². The third-order valence-corrected chi connectivity index (χ3v) is 8.01. The summed E-state index contributed by atoms with van der Waals surface area (Å²) in [5, 5.41) is 1.31. The second-order valence-electron chi connectivity index (χ2n) is 3.77. The summed E-state index contributed by atoms with van der Waals surface area (Å²) in [6, 6.07) is 0. The number of rotatable bonds is 0. The van der Waals surface area contributed by atoms with Crippen molar-refractivity contribution in [3.8, 4) is 0 Å². The van der Waals surface area contributed by atoms with Crippen molar-refractivity contribution < 1.29 is 0 Å². The van der Waals surface area contributed by atoms with Gasteiger partial charge in [-0.3, -0.25) is 0 Å². The fourth-order valence-corrected chi connectivity index (χ4v) is 4.00. The van der Waals surface area contributed by atoms with Crippen molar-refractivity contribution in [3.05, 3.63) is 60.3 Å². The first-order chi connectivity index (χ1) is 10.9. The van der Waals surface area contributed by atoms with Gasteiger partial charge in [-0.15, -0.1) is 0 Å². The van der Waals surface area contributed by atoms with Crippen molar-refractivity contribution in [2.75, 3.05) is 0 Å². The van der Waals surface area contributed by atoms with Crippen LogP contribution in [0.1, 0.15) is 0 Å². The van der Waals surface area contributed by atoms with Gasteiger partial charge < -0.3 is 0 Å². The van der Waals surface area contributed by atoms with Crippen LogP contribution in [0.25, 0.3) is 0 Å². The summed E-state index contributed by atoms with van der Waals surface area (Å²) in [5.74, 6) is 0. The first kappa shape index (κ1) is 24.0. The first-order valence-electron chi connectivity index (χ1n) is 5.27. The Hall–Kier alpha value is 1.92. The molecule has 0 heterocycles. The van der Waals surface area contributed by atoms with Gasteiger partial charge in [0.15, 0.2) is 0 Å². The Bertz CT molecular complexity index is 520. The molecule has 0 nitrogen and oxygen atoms in total. The zero-order chi connectivity index (χ0) is 18.9. The van der Waals surface area contributed by atoms with Gasteiger partial charge >= 0.3 is 0 Å². The molecule has 0 amide bonds. The summed E-state index contributed by atoms with van der Waals surface area (Å²) in [5.41, 5.74) is 0. The van der Waals surface area contributed by atoms with Gasteiger partial charge in [-0.2, -0.15) is 0 Å². The van der Waals surface area contributed by atoms with Gasteiger partial charge in [0.05, 0.1) is 60.3 Å². The van der Waals surface area contributed by atoms with E-state index in [0.29, 0.717) is 0 Å². The summed E-state index contributed by atoms with van der Waals surface area (Å²) in [4.78, 5) is 0. The van der Waals surface area contributed by atoms with Gasteiger partial charge in [0.25, 0.3) is 0 Å². The number of hydrogen-bond acceptors (Lipinski definition) is 0. The molecule has 0 aliphatic rings. The molecule has 0 spiro atoms. The van der Waals surface area contributed by atoms with Crippen LogP contribution in [-0.4, -0.2) is 0 Å². The SMILES string of the molecule is Clc1c(Cl)c(Cl)c(Cl)c(Cl)c1Cl.Clc1c(Cl)c(Cl)c(Cl)c(Cl)c1Cl. The molecule has 0 aromatic heterocycles. The molecule has 0 saturated carbocycles. The molecule has 0 atom stereocenters. The van der Waals surface area contributed by atoms with E-state index < -0.39 is 0 Å². The number of halogens is 12. The highest BCUT2D eigenvalue weighted by Gasteiger charge is 2.18. The Morgan fingerprint density at radius 1 is 0.167 bits per heavy atom. The molecule has 0 bridgehead atoms. The lowest BCUT2D eigenvalue weighted by Gasteiger charge is -2.06. The predicted molar refractivity (Wildman–Crippen MR) is 113 cm³/mol. The maximum absolute atomic E-state index is 5.67. The number of benzene rings is 2. The Labute approximate surface area is 197 Å². The smallest absolute Gasteiger partial charge is 0.0810 e. The maximum Gasteiger partial charge on any atom is 0.0810 e. The van der Waals surface area contributed by atoms with Gasteiger partial charge in [0.1, 0.15) is 0 Å². The monoisotopic (exact) mass is 564 g/mol. The molecule has 24 heavy (non-hydrogen) atoms. The van der Waals surface area contributed by atoms with Crippen molar-refractivity contribution >= 4 is 139 Å². The third-order valence-electron chi connectivity index (χ3n) is 2.31. The van der Waals surface area contributed by atoms with Crippen LogP contribution >= 0.6 is 139 Å². The summed E-state index contributed by atoms with van der Waals surface area (Å²) in [7, 11) is 0. The molecule has 12 heteroatoms. The second kappa shape index (κ2) is 9.92. The van der Waals surface area contributed by atoms with Crippen LogP contribution in [0.4, 0.5) is 0 Å². The Morgan fingerprint density at radius 3 is 0.250 bits per heavy atom. The van der Waals surface area contributed by atoms with Crippen molar-refractivity contribution in [3.63, 3.8) is 0 Å². The molecular formula is C12Cl12. The van der Waals surface area contributed by atoms with Crippen molar-refractivity contribution in [2.24, 2.45) is 0 Å². The minimum atomic E-state index is 0.109. The molecule has 0 unspecified atom stereocenters. The van der Waals surface area contributed by atoms with Crippen LogP contribution in [0.15, 0.2) is 0 Å². The van der Waals surface area contributed by atoms with E-state index >= 15 is 0 Å². The van der Waals surface area contributed by atoms with E-state index in [2.05, 4.69) is 0 Å². The van der Waals surface area contributed by atoms with Crippen molar-refractivity contribution in [1.29, 1.82) is 0 Å². The minimum absolute atomic E-state index is 0.109. The minimum Gasteiger partial charge on any atom is -0.0810 e. The van der Waals surface area contributed by atoms with Crippen LogP contribution in [0.5, 0.6) is 0 Å². The summed E-state index contributed by atoms with van der Waals surface area (Å²) in [6.07, 6.45) is 0. The Balaban J connectivity index is 0.000000240. The quantitative estimate of drug-likeness (QED) is 0.219. The van der Waals surface area contributed by atoms with E-state index in [1.54, 1.807) is 0 Å². The highest BCUT2D eigenvalue weighted by atomic mass is 35.5. The van der Waals surface area contributed by atoms with E-state index in [1.807, 2.05) is 0 Å². The molecule has 2 aromatic rings. The molecule has 0 fully saturated rings. The van der Waals surface area contributed by atoms with E-state index in [0.717, 1.165) is 0 Å². The molecule has 0 aliphatic heterocycles. The fraction of sp³-hybridized carbons (Fsp3) is 0. The lowest BCUT2D eigenvalue weighted by atomic mass is 10.3. The number of hydrogen-bond donors (Lipinski definition) is 0. The van der Waals surface area contributed by atoms with Crippen molar-refractivity contribution in [2.45, 2.75) is 0 Å². The van der Waals surface area contributed by atoms with Gasteiger partial charge in [0, 0.05) is 0 Å². The molecule has 0 saturated heterocycles. The van der Waals surface area contributed by atoms with Gasteiger partial charge in [-0.05, 0) is 0 Å². The molecular weight excluding hydrogens is 570 g/mol. The van der Waals surface area contributed by atoms with E-state index in [9.17, 15) is 0 Å². The topological polar surface area (TPSA) is 0 Å². The lowest BCUT2D eigenvalue weighted by Crippen LogP contribution is -1.79. The van der Waals surface area contributed by atoms with Crippen LogP contribution in [0, 0.1) is 0 Å². The van der Waals surface area contributed by atoms with Crippen molar-refractivity contribution in [1.82, 2.24) is 0 Å². The molecule has 0 radical (unpaired) electrons. The van der Waals surface area contributed by atoms with Gasteiger partial charge in [-0.1, -0.05) is 139 Å². The second-order valence-corrected chi connectivity index (χ2v) is 8.30. The van der Waals surface area contributed by atoms with Crippen LogP contribution in [0.3, 0.4) is 0 Å². The molecule has 132 valence electrons. The van der Waals surface area contributed by atoms with Crippen LogP contribution in [-0.2, 0) is 0 Å².